The van der Waals surface area contributed by atoms with Crippen LogP contribution in [0.1, 0.15) is 36.0 Å². The van der Waals surface area contributed by atoms with E-state index in [0.717, 1.165) is 25.7 Å². The molecule has 1 fully saturated rings. The van der Waals surface area contributed by atoms with E-state index in [-0.39, 0.29) is 29.2 Å². The van der Waals surface area contributed by atoms with Crippen molar-refractivity contribution in [3.8, 4) is 5.75 Å². The van der Waals surface area contributed by atoms with E-state index in [4.69, 9.17) is 11.6 Å². The molecule has 1 aromatic carbocycles. The molecule has 0 heterocycles. The van der Waals surface area contributed by atoms with Crippen molar-refractivity contribution in [1.29, 1.82) is 0 Å². The van der Waals surface area contributed by atoms with Crippen LogP contribution in [0.15, 0.2) is 18.2 Å². The molecule has 2 atom stereocenters. The number of carbonyl (C=O) groups excluding carboxylic acids is 1. The zero-order valence-corrected chi connectivity index (χ0v) is 11.4. The lowest BCUT2D eigenvalue weighted by atomic mass is 9.86. The summed E-state index contributed by atoms with van der Waals surface area (Å²) in [5.41, 5.74) is 0.203. The van der Waals surface area contributed by atoms with E-state index in [1.54, 1.807) is 6.07 Å². The molecule has 19 heavy (non-hydrogen) atoms. The molecule has 1 aliphatic rings. The van der Waals surface area contributed by atoms with Crippen molar-refractivity contribution in [3.05, 3.63) is 28.8 Å². The highest BCUT2D eigenvalue weighted by atomic mass is 35.5. The summed E-state index contributed by atoms with van der Waals surface area (Å²) in [6.45, 7) is 0.433. The smallest absolute Gasteiger partial charge is 0.255 e. The van der Waals surface area contributed by atoms with Crippen molar-refractivity contribution < 1.29 is 15.0 Å². The Hall–Kier alpha value is -1.26. The first kappa shape index (κ1) is 14.2. The Morgan fingerprint density at radius 3 is 2.79 bits per heavy atom. The van der Waals surface area contributed by atoms with Crippen LogP contribution in [0.25, 0.3) is 0 Å². The van der Waals surface area contributed by atoms with E-state index >= 15 is 0 Å². The zero-order valence-electron chi connectivity index (χ0n) is 10.6. The highest BCUT2D eigenvalue weighted by Gasteiger charge is 2.23. The van der Waals surface area contributed by atoms with Crippen LogP contribution in [0.4, 0.5) is 0 Å². The number of benzene rings is 1. The van der Waals surface area contributed by atoms with Crippen LogP contribution in [0, 0.1) is 5.92 Å². The molecule has 1 saturated carbocycles. The third-order valence-corrected chi connectivity index (χ3v) is 3.83. The second-order valence-electron chi connectivity index (χ2n) is 4.98. The van der Waals surface area contributed by atoms with E-state index in [0.29, 0.717) is 11.6 Å². The molecular formula is C14H18ClNO3. The summed E-state index contributed by atoms with van der Waals surface area (Å²) in [6.07, 6.45) is 3.52. The molecule has 2 unspecified atom stereocenters. The van der Waals surface area contributed by atoms with Gasteiger partial charge in [-0.1, -0.05) is 24.4 Å². The van der Waals surface area contributed by atoms with Crippen molar-refractivity contribution in [3.63, 3.8) is 0 Å². The number of hydrogen-bond acceptors (Lipinski definition) is 3. The SMILES string of the molecule is O=C(NCC1CCCCC1O)c1ccc(Cl)cc1O. The van der Waals surface area contributed by atoms with Crippen molar-refractivity contribution in [2.75, 3.05) is 6.54 Å². The molecule has 0 spiro atoms. The monoisotopic (exact) mass is 283 g/mol. The van der Waals surface area contributed by atoms with Crippen LogP contribution in [-0.4, -0.2) is 28.8 Å². The lowest BCUT2D eigenvalue weighted by molar-refractivity contribution is 0.0662. The quantitative estimate of drug-likeness (QED) is 0.797. The maximum atomic E-state index is 11.9. The Kier molecular flexibility index (Phi) is 4.66. The third kappa shape index (κ3) is 3.61. The number of halogens is 1. The molecule has 1 amide bonds. The minimum Gasteiger partial charge on any atom is -0.507 e. The standard InChI is InChI=1S/C14H18ClNO3/c15-10-5-6-11(13(18)7-10)14(19)16-8-9-3-1-2-4-12(9)17/h5-7,9,12,17-18H,1-4,8H2,(H,16,19). The average Bonchev–Trinajstić information content (AvgIpc) is 2.37. The second kappa shape index (κ2) is 6.26. The number of aliphatic hydroxyl groups is 1. The van der Waals surface area contributed by atoms with Gasteiger partial charge in [0, 0.05) is 17.5 Å². The summed E-state index contributed by atoms with van der Waals surface area (Å²) in [7, 11) is 0. The van der Waals surface area contributed by atoms with E-state index < -0.39 is 0 Å². The van der Waals surface area contributed by atoms with Crippen molar-refractivity contribution in [2.24, 2.45) is 5.92 Å². The maximum Gasteiger partial charge on any atom is 0.255 e. The molecule has 104 valence electrons. The van der Waals surface area contributed by atoms with E-state index in [1.807, 2.05) is 0 Å². The summed E-state index contributed by atoms with van der Waals surface area (Å²) < 4.78 is 0. The number of aliphatic hydroxyl groups excluding tert-OH is 1. The van der Waals surface area contributed by atoms with Crippen LogP contribution in [0.5, 0.6) is 5.75 Å². The fourth-order valence-corrected chi connectivity index (χ4v) is 2.61. The third-order valence-electron chi connectivity index (χ3n) is 3.60. The predicted molar refractivity (Wildman–Crippen MR) is 73.4 cm³/mol. The van der Waals surface area contributed by atoms with Gasteiger partial charge in [0.15, 0.2) is 0 Å². The number of rotatable bonds is 3. The summed E-state index contributed by atoms with van der Waals surface area (Å²) in [6, 6.07) is 4.39. The molecule has 1 aromatic rings. The van der Waals surface area contributed by atoms with Crippen LogP contribution < -0.4 is 5.32 Å². The Morgan fingerprint density at radius 2 is 2.11 bits per heavy atom. The van der Waals surface area contributed by atoms with Crippen molar-refractivity contribution in [1.82, 2.24) is 5.32 Å². The molecule has 2 rings (SSSR count). The van der Waals surface area contributed by atoms with Gasteiger partial charge in [0.25, 0.3) is 5.91 Å². The maximum absolute atomic E-state index is 11.9. The first-order valence-corrected chi connectivity index (χ1v) is 6.90. The van der Waals surface area contributed by atoms with Gasteiger partial charge < -0.3 is 15.5 Å². The topological polar surface area (TPSA) is 69.6 Å². The molecule has 0 saturated heterocycles. The molecule has 0 aliphatic heterocycles. The number of hydrogen-bond donors (Lipinski definition) is 3. The number of phenols is 1. The van der Waals surface area contributed by atoms with Gasteiger partial charge in [-0.25, -0.2) is 0 Å². The predicted octanol–water partition coefficient (Wildman–Crippen LogP) is 2.33. The van der Waals surface area contributed by atoms with E-state index in [1.165, 1.54) is 12.1 Å². The molecule has 1 aliphatic carbocycles. The minimum atomic E-state index is -0.341. The Bertz CT molecular complexity index is 464. The lowest BCUT2D eigenvalue weighted by Gasteiger charge is -2.27. The van der Waals surface area contributed by atoms with Crippen molar-refractivity contribution >= 4 is 17.5 Å². The van der Waals surface area contributed by atoms with Crippen molar-refractivity contribution in [2.45, 2.75) is 31.8 Å². The number of aromatic hydroxyl groups is 1. The highest BCUT2D eigenvalue weighted by molar-refractivity contribution is 6.30. The van der Waals surface area contributed by atoms with Crippen LogP contribution in [0.2, 0.25) is 5.02 Å². The summed E-state index contributed by atoms with van der Waals surface area (Å²) in [5, 5.41) is 22.6. The fourth-order valence-electron chi connectivity index (χ4n) is 2.44. The Labute approximate surface area is 117 Å². The molecule has 0 aromatic heterocycles. The van der Waals surface area contributed by atoms with Crippen LogP contribution in [-0.2, 0) is 0 Å². The number of nitrogens with one attached hydrogen (secondary N) is 1. The summed E-state index contributed by atoms with van der Waals surface area (Å²) in [5.74, 6) is -0.367. The van der Waals surface area contributed by atoms with Gasteiger partial charge in [0.1, 0.15) is 5.75 Å². The average molecular weight is 284 g/mol. The first-order chi connectivity index (χ1) is 9.08. The Morgan fingerprint density at radius 1 is 1.37 bits per heavy atom. The van der Waals surface area contributed by atoms with Gasteiger partial charge in [-0.3, -0.25) is 4.79 Å². The number of carbonyl (C=O) groups is 1. The number of amides is 1. The summed E-state index contributed by atoms with van der Waals surface area (Å²) >= 11 is 5.71. The van der Waals surface area contributed by atoms with E-state index in [2.05, 4.69) is 5.32 Å². The Balaban J connectivity index is 1.93. The largest absolute Gasteiger partial charge is 0.507 e. The van der Waals surface area contributed by atoms with Gasteiger partial charge in [0.05, 0.1) is 11.7 Å². The zero-order chi connectivity index (χ0) is 13.8. The van der Waals surface area contributed by atoms with Gasteiger partial charge in [0.2, 0.25) is 0 Å². The molecule has 3 N–H and O–H groups in total. The van der Waals surface area contributed by atoms with Gasteiger partial charge in [-0.05, 0) is 31.0 Å². The van der Waals surface area contributed by atoms with Gasteiger partial charge in [-0.15, -0.1) is 0 Å². The number of phenolic OH excluding ortho intramolecular Hbond substituents is 1. The minimum absolute atomic E-state index is 0.104. The van der Waals surface area contributed by atoms with Gasteiger partial charge >= 0.3 is 0 Å². The van der Waals surface area contributed by atoms with Crippen LogP contribution >= 0.6 is 11.6 Å². The molecule has 4 nitrogen and oxygen atoms in total. The molecular weight excluding hydrogens is 266 g/mol. The van der Waals surface area contributed by atoms with Gasteiger partial charge in [-0.2, -0.15) is 0 Å². The molecule has 0 radical (unpaired) electrons. The lowest BCUT2D eigenvalue weighted by Crippen LogP contribution is -2.36. The normalized spacial score (nSPS) is 23.1. The highest BCUT2D eigenvalue weighted by Crippen LogP contribution is 2.24. The fraction of sp³-hybridized carbons (Fsp3) is 0.500. The first-order valence-electron chi connectivity index (χ1n) is 6.52. The second-order valence-corrected chi connectivity index (χ2v) is 5.42. The molecule has 0 bridgehead atoms. The molecule has 5 heteroatoms. The van der Waals surface area contributed by atoms with E-state index in [9.17, 15) is 15.0 Å². The van der Waals surface area contributed by atoms with Crippen LogP contribution in [0.3, 0.4) is 0 Å². The summed E-state index contributed by atoms with van der Waals surface area (Å²) in [4.78, 5) is 11.9.